The van der Waals surface area contributed by atoms with Crippen LogP contribution < -0.4 is 4.89 Å². The van der Waals surface area contributed by atoms with Crippen molar-refractivity contribution < 1.29 is 42.1 Å². The third-order valence-electron chi connectivity index (χ3n) is 15.2. The Labute approximate surface area is 566 Å². The zero-order valence-electron chi connectivity index (χ0n) is 59.4. The van der Waals surface area contributed by atoms with Gasteiger partial charge in [0.2, 0.25) is 0 Å². The van der Waals surface area contributed by atoms with Gasteiger partial charge in [0.25, 0.3) is 7.82 Å². The van der Waals surface area contributed by atoms with Crippen LogP contribution in [0.15, 0.2) is 170 Å². The molecule has 9 nitrogen and oxygen atoms in total. The molecule has 10 heteroatoms. The van der Waals surface area contributed by atoms with Gasteiger partial charge in [-0.1, -0.05) is 312 Å². The van der Waals surface area contributed by atoms with E-state index in [2.05, 4.69) is 184 Å². The molecule has 92 heavy (non-hydrogen) atoms. The van der Waals surface area contributed by atoms with Crippen molar-refractivity contribution in [2.45, 2.75) is 290 Å². The molecule has 0 aromatic rings. The molecular formula is C82H136NO8P. The number of esters is 2. The molecule has 0 N–H and O–H groups in total. The molecule has 2 unspecified atom stereocenters. The van der Waals surface area contributed by atoms with Crippen LogP contribution in [0.1, 0.15) is 284 Å². The van der Waals surface area contributed by atoms with Crippen molar-refractivity contribution in [3.63, 3.8) is 0 Å². The van der Waals surface area contributed by atoms with Crippen LogP contribution in [0.4, 0.5) is 0 Å². The number of likely N-dealkylation sites (N-methyl/N-ethyl adjacent to an activating group) is 1. The number of rotatable bonds is 66. The third-order valence-corrected chi connectivity index (χ3v) is 16.2. The van der Waals surface area contributed by atoms with Gasteiger partial charge in [-0.05, 0) is 128 Å². The Morgan fingerprint density at radius 3 is 0.870 bits per heavy atom. The topological polar surface area (TPSA) is 111 Å². The highest BCUT2D eigenvalue weighted by atomic mass is 31.2. The Morgan fingerprint density at radius 1 is 0.337 bits per heavy atom. The number of phosphoric acid groups is 1. The van der Waals surface area contributed by atoms with Crippen molar-refractivity contribution in [1.82, 2.24) is 0 Å². The first-order valence-electron chi connectivity index (χ1n) is 36.8. The summed E-state index contributed by atoms with van der Waals surface area (Å²) in [4.78, 5) is 38.1. The van der Waals surface area contributed by atoms with E-state index in [-0.39, 0.29) is 32.0 Å². The molecule has 0 fully saturated rings. The highest BCUT2D eigenvalue weighted by Crippen LogP contribution is 2.38. The smallest absolute Gasteiger partial charge is 0.306 e. The van der Waals surface area contributed by atoms with E-state index >= 15 is 0 Å². The number of ether oxygens (including phenoxy) is 2. The van der Waals surface area contributed by atoms with Crippen LogP contribution in [-0.2, 0) is 32.7 Å². The van der Waals surface area contributed by atoms with Crippen molar-refractivity contribution in [3.8, 4) is 0 Å². The Hall–Kier alpha value is -4.63. The van der Waals surface area contributed by atoms with Crippen molar-refractivity contribution in [2.75, 3.05) is 47.5 Å². The molecule has 0 heterocycles. The van der Waals surface area contributed by atoms with E-state index in [9.17, 15) is 19.0 Å². The predicted octanol–water partition coefficient (Wildman–Crippen LogP) is 23.9. The van der Waals surface area contributed by atoms with Gasteiger partial charge >= 0.3 is 11.9 Å². The van der Waals surface area contributed by atoms with Gasteiger partial charge in [0.15, 0.2) is 6.10 Å². The summed E-state index contributed by atoms with van der Waals surface area (Å²) in [5, 5.41) is 0. The fourth-order valence-electron chi connectivity index (χ4n) is 9.68. The second-order valence-corrected chi connectivity index (χ2v) is 26.6. The van der Waals surface area contributed by atoms with E-state index in [1.165, 1.54) is 116 Å². The minimum Gasteiger partial charge on any atom is -0.756 e. The maximum absolute atomic E-state index is 12.9. The lowest BCUT2D eigenvalue weighted by Crippen LogP contribution is -2.37. The molecule has 0 spiro atoms. The fourth-order valence-corrected chi connectivity index (χ4v) is 10.4. The Balaban J connectivity index is 4.09. The normalized spacial score (nSPS) is 14.1. The average molecular weight is 1290 g/mol. The number of unbranched alkanes of at least 4 members (excludes halogenated alkanes) is 24. The average Bonchev–Trinajstić information content (AvgIpc) is 2.14. The number of nitrogens with zero attached hydrogens (tertiary/aromatic N) is 1. The Kier molecular flexibility index (Phi) is 67.1. The molecule has 0 aromatic carbocycles. The number of hydrogen-bond donors (Lipinski definition) is 0. The summed E-state index contributed by atoms with van der Waals surface area (Å²) in [7, 11) is 1.15. The maximum atomic E-state index is 12.9. The van der Waals surface area contributed by atoms with Gasteiger partial charge in [0, 0.05) is 12.8 Å². The number of phosphoric ester groups is 1. The lowest BCUT2D eigenvalue weighted by Gasteiger charge is -2.28. The molecule has 0 aliphatic carbocycles. The van der Waals surface area contributed by atoms with Crippen molar-refractivity contribution in [2.24, 2.45) is 0 Å². The minimum atomic E-state index is -4.66. The lowest BCUT2D eigenvalue weighted by molar-refractivity contribution is -0.870. The predicted molar refractivity (Wildman–Crippen MR) is 396 cm³/mol. The highest BCUT2D eigenvalue weighted by molar-refractivity contribution is 7.45. The van der Waals surface area contributed by atoms with E-state index < -0.39 is 26.5 Å². The molecule has 0 saturated carbocycles. The van der Waals surface area contributed by atoms with Crippen LogP contribution in [0.25, 0.3) is 0 Å². The number of quaternary nitrogens is 1. The van der Waals surface area contributed by atoms with E-state index in [1.807, 2.05) is 21.1 Å². The van der Waals surface area contributed by atoms with E-state index in [0.717, 1.165) is 135 Å². The number of allylic oxidation sites excluding steroid dienone is 28. The summed E-state index contributed by atoms with van der Waals surface area (Å²) in [6.07, 6.45) is 107. The summed E-state index contributed by atoms with van der Waals surface area (Å²) < 4.78 is 34.4. The fraction of sp³-hybridized carbons (Fsp3) is 0.634. The standard InChI is InChI=1S/C82H136NO8P/c1-6-8-10-12-14-16-18-20-22-24-26-28-30-32-34-36-38-40-41-43-45-47-49-51-53-55-57-59-61-63-65-67-69-71-73-75-82(85)91-80(79-90-92(86,87)89-77-76-83(3,4)5)78-88-81(84)74-72-70-68-66-64-62-60-58-56-54-52-50-48-46-44-42-39-37-35-33-31-29-27-25-23-21-19-17-15-13-11-9-7-2/h8-11,14-17,20-23,26-29,32-35,38-40,42-43,45,49,51,80H,6-7,12-13,18-19,24-25,30-31,36-37,41,44,46-48,50,52-79H2,1-5H3/b10-8-,11-9-,16-14-,17-15-,22-20-,23-21-,28-26-,29-27-,34-32-,35-33-,40-38-,42-39-,45-43-,51-49-. The third kappa shape index (κ3) is 74.4. The molecular weight excluding hydrogens is 1160 g/mol. The van der Waals surface area contributed by atoms with Crippen LogP contribution in [0.2, 0.25) is 0 Å². The van der Waals surface area contributed by atoms with E-state index in [4.69, 9.17) is 18.5 Å². The van der Waals surface area contributed by atoms with Gasteiger partial charge < -0.3 is 27.9 Å². The van der Waals surface area contributed by atoms with Crippen LogP contribution >= 0.6 is 7.82 Å². The van der Waals surface area contributed by atoms with Gasteiger partial charge in [0.1, 0.15) is 19.8 Å². The van der Waals surface area contributed by atoms with Crippen molar-refractivity contribution >= 4 is 19.8 Å². The second-order valence-electron chi connectivity index (χ2n) is 25.2. The number of carbonyl (C=O) groups excluding carboxylic acids is 2. The zero-order chi connectivity index (χ0) is 66.9. The highest BCUT2D eigenvalue weighted by Gasteiger charge is 2.22. The van der Waals surface area contributed by atoms with Crippen LogP contribution in [0.3, 0.4) is 0 Å². The minimum absolute atomic E-state index is 0.0392. The van der Waals surface area contributed by atoms with Crippen molar-refractivity contribution in [1.29, 1.82) is 0 Å². The Bertz CT molecular complexity index is 2160. The summed E-state index contributed by atoms with van der Waals surface area (Å²) in [5.74, 6) is -0.843. The molecule has 2 atom stereocenters. The Morgan fingerprint density at radius 2 is 0.587 bits per heavy atom. The summed E-state index contributed by atoms with van der Waals surface area (Å²) in [5.41, 5.74) is 0. The number of hydrogen-bond acceptors (Lipinski definition) is 8. The van der Waals surface area contributed by atoms with Gasteiger partial charge in [-0.3, -0.25) is 14.2 Å². The van der Waals surface area contributed by atoms with E-state index in [1.54, 1.807) is 0 Å². The molecule has 0 amide bonds. The van der Waals surface area contributed by atoms with Crippen LogP contribution in [-0.4, -0.2) is 70.0 Å². The van der Waals surface area contributed by atoms with Gasteiger partial charge in [-0.25, -0.2) is 0 Å². The first kappa shape index (κ1) is 87.4. The molecule has 0 bridgehead atoms. The molecule has 0 aliphatic rings. The first-order valence-corrected chi connectivity index (χ1v) is 38.3. The summed E-state index contributed by atoms with van der Waals surface area (Å²) >= 11 is 0. The largest absolute Gasteiger partial charge is 0.756 e. The number of carbonyl (C=O) groups is 2. The first-order chi connectivity index (χ1) is 45.0. The van der Waals surface area contributed by atoms with E-state index in [0.29, 0.717) is 17.4 Å². The van der Waals surface area contributed by atoms with Gasteiger partial charge in [0.05, 0.1) is 27.7 Å². The molecule has 0 aliphatic heterocycles. The lowest BCUT2D eigenvalue weighted by atomic mass is 10.0. The van der Waals surface area contributed by atoms with Crippen LogP contribution in [0.5, 0.6) is 0 Å². The van der Waals surface area contributed by atoms with Crippen molar-refractivity contribution in [3.05, 3.63) is 170 Å². The summed E-state index contributed by atoms with van der Waals surface area (Å²) in [6.45, 7) is 4.01. The molecule has 0 rings (SSSR count). The maximum Gasteiger partial charge on any atom is 0.306 e. The molecule has 522 valence electrons. The second kappa shape index (κ2) is 70.7. The molecule has 0 saturated heterocycles. The zero-order valence-corrected chi connectivity index (χ0v) is 60.3. The van der Waals surface area contributed by atoms with Crippen LogP contribution in [0, 0.1) is 0 Å². The SMILES string of the molecule is CC/C=C\C/C=C\C/C=C\C/C=C\C/C=C\C/C=C\C/C=C\C/C=C\CCCCCCCCCCCCC(=O)OC(COC(=O)CCCCCCCCCCCCCCCC/C=C\C/C=C\C/C=C\C/C=C\C/C=C\C/C=C\CC)COP(=O)([O-])OCC[N+](C)(C)C. The van der Waals surface area contributed by atoms with Gasteiger partial charge in [-0.15, -0.1) is 0 Å². The quantitative estimate of drug-likeness (QED) is 0.0195. The summed E-state index contributed by atoms with van der Waals surface area (Å²) in [6, 6.07) is 0. The monoisotopic (exact) mass is 1290 g/mol. The molecule has 0 radical (unpaired) electrons. The molecule has 0 aromatic heterocycles. The van der Waals surface area contributed by atoms with Gasteiger partial charge in [-0.2, -0.15) is 0 Å².